The van der Waals surface area contributed by atoms with Gasteiger partial charge in [0.05, 0.1) is 11.4 Å². The SMILES string of the molecule is Cc1ccc(Cn2c(C(=O)O)cc3c2-c2[nH]c(=O)c(-c4ccccc4)cc2CC3)cc1C. The van der Waals surface area contributed by atoms with E-state index in [0.717, 1.165) is 46.5 Å². The second-order valence-corrected chi connectivity index (χ2v) is 8.49. The van der Waals surface area contributed by atoms with Crippen LogP contribution in [0.15, 0.2) is 65.5 Å². The predicted molar refractivity (Wildman–Crippen MR) is 125 cm³/mol. The number of pyridine rings is 1. The van der Waals surface area contributed by atoms with Crippen LogP contribution in [0, 0.1) is 13.8 Å². The quantitative estimate of drug-likeness (QED) is 0.486. The maximum absolute atomic E-state index is 13.0. The zero-order valence-electron chi connectivity index (χ0n) is 18.1. The van der Waals surface area contributed by atoms with Crippen molar-refractivity contribution < 1.29 is 9.90 Å². The normalized spacial score (nSPS) is 12.3. The number of carbonyl (C=O) groups is 1. The number of carboxylic acids is 1. The minimum absolute atomic E-state index is 0.168. The van der Waals surface area contributed by atoms with Crippen LogP contribution in [-0.4, -0.2) is 20.6 Å². The highest BCUT2D eigenvalue weighted by molar-refractivity contribution is 5.89. The number of fused-ring (bicyclic) bond motifs is 3. The lowest BCUT2D eigenvalue weighted by Crippen LogP contribution is -2.18. The van der Waals surface area contributed by atoms with E-state index in [1.165, 1.54) is 11.1 Å². The highest BCUT2D eigenvalue weighted by Gasteiger charge is 2.27. The number of benzene rings is 2. The number of nitrogens with zero attached hydrogens (tertiary/aromatic N) is 1. The molecular weight excluding hydrogens is 400 g/mol. The fraction of sp³-hybridized carbons (Fsp3) is 0.185. The Morgan fingerprint density at radius 2 is 1.72 bits per heavy atom. The zero-order chi connectivity index (χ0) is 22.4. The van der Waals surface area contributed by atoms with Gasteiger partial charge in [-0.2, -0.15) is 0 Å². The molecule has 2 N–H and O–H groups in total. The van der Waals surface area contributed by atoms with E-state index < -0.39 is 5.97 Å². The van der Waals surface area contributed by atoms with E-state index in [1.807, 2.05) is 47.0 Å². The molecule has 160 valence electrons. The van der Waals surface area contributed by atoms with Gasteiger partial charge in [0, 0.05) is 12.1 Å². The van der Waals surface area contributed by atoms with Crippen LogP contribution in [0.3, 0.4) is 0 Å². The summed E-state index contributed by atoms with van der Waals surface area (Å²) in [6.45, 7) is 4.55. The monoisotopic (exact) mass is 424 g/mol. The minimum Gasteiger partial charge on any atom is -0.477 e. The fourth-order valence-electron chi connectivity index (χ4n) is 4.60. The summed E-state index contributed by atoms with van der Waals surface area (Å²) in [5, 5.41) is 9.89. The largest absolute Gasteiger partial charge is 0.477 e. The fourth-order valence-corrected chi connectivity index (χ4v) is 4.60. The molecule has 1 aliphatic rings. The predicted octanol–water partition coefficient (Wildman–Crippen LogP) is 4.97. The first-order valence-corrected chi connectivity index (χ1v) is 10.8. The molecule has 0 spiro atoms. The number of hydrogen-bond acceptors (Lipinski definition) is 2. The molecule has 0 radical (unpaired) electrons. The number of aryl methyl sites for hydroxylation is 4. The summed E-state index contributed by atoms with van der Waals surface area (Å²) in [6, 6.07) is 19.5. The third kappa shape index (κ3) is 3.36. The van der Waals surface area contributed by atoms with Crippen LogP contribution in [0.4, 0.5) is 0 Å². The first-order chi connectivity index (χ1) is 15.4. The molecule has 2 aromatic heterocycles. The molecule has 0 saturated heterocycles. The molecule has 0 saturated carbocycles. The summed E-state index contributed by atoms with van der Waals surface area (Å²) in [5.74, 6) is -0.965. The van der Waals surface area contributed by atoms with Crippen LogP contribution in [0.1, 0.15) is 38.3 Å². The van der Waals surface area contributed by atoms with Crippen LogP contribution in [0.2, 0.25) is 0 Å². The molecular formula is C27H24N2O3. The number of aromatic amines is 1. The molecule has 2 heterocycles. The molecule has 0 aliphatic heterocycles. The maximum atomic E-state index is 13.0. The van der Waals surface area contributed by atoms with E-state index in [-0.39, 0.29) is 11.3 Å². The van der Waals surface area contributed by atoms with Gasteiger partial charge in [-0.25, -0.2) is 4.79 Å². The Morgan fingerprint density at radius 3 is 2.44 bits per heavy atom. The summed E-state index contributed by atoms with van der Waals surface area (Å²) >= 11 is 0. The number of nitrogens with one attached hydrogen (secondary N) is 1. The van der Waals surface area contributed by atoms with E-state index in [0.29, 0.717) is 12.1 Å². The average Bonchev–Trinajstić information content (AvgIpc) is 3.15. The lowest BCUT2D eigenvalue weighted by atomic mass is 9.92. The molecule has 32 heavy (non-hydrogen) atoms. The summed E-state index contributed by atoms with van der Waals surface area (Å²) in [5.41, 5.74) is 8.52. The Hall–Kier alpha value is -3.86. The smallest absolute Gasteiger partial charge is 0.352 e. The van der Waals surface area contributed by atoms with Crippen LogP contribution in [0.5, 0.6) is 0 Å². The third-order valence-electron chi connectivity index (χ3n) is 6.42. The lowest BCUT2D eigenvalue weighted by Gasteiger charge is -2.21. The van der Waals surface area contributed by atoms with Gasteiger partial charge in [0.25, 0.3) is 5.56 Å². The van der Waals surface area contributed by atoms with Gasteiger partial charge in [0.1, 0.15) is 5.69 Å². The number of rotatable bonds is 4. The topological polar surface area (TPSA) is 75.1 Å². The maximum Gasteiger partial charge on any atom is 0.352 e. The summed E-state index contributed by atoms with van der Waals surface area (Å²) < 4.78 is 1.83. The Balaban J connectivity index is 1.67. The van der Waals surface area contributed by atoms with Crippen molar-refractivity contribution in [3.8, 4) is 22.5 Å². The summed E-state index contributed by atoms with van der Waals surface area (Å²) in [7, 11) is 0. The van der Waals surface area contributed by atoms with Gasteiger partial charge in [-0.15, -0.1) is 0 Å². The number of hydrogen-bond donors (Lipinski definition) is 2. The van der Waals surface area contributed by atoms with Crippen LogP contribution in [0.25, 0.3) is 22.5 Å². The van der Waals surface area contributed by atoms with E-state index in [2.05, 4.69) is 31.0 Å². The molecule has 0 bridgehead atoms. The molecule has 4 aromatic rings. The Bertz CT molecular complexity index is 1410. The summed E-state index contributed by atoms with van der Waals surface area (Å²) in [4.78, 5) is 28.2. The van der Waals surface area contributed by atoms with Crippen LogP contribution < -0.4 is 5.56 Å². The second kappa shape index (κ2) is 7.68. The van der Waals surface area contributed by atoms with Crippen molar-refractivity contribution in [3.05, 3.63) is 105 Å². The third-order valence-corrected chi connectivity index (χ3v) is 6.42. The number of aromatic carboxylic acids is 1. The Kier molecular flexibility index (Phi) is 4.82. The molecule has 5 heteroatoms. The van der Waals surface area contributed by atoms with Crippen molar-refractivity contribution in [2.24, 2.45) is 0 Å². The van der Waals surface area contributed by atoms with Gasteiger partial charge in [-0.3, -0.25) is 4.79 Å². The second-order valence-electron chi connectivity index (χ2n) is 8.49. The van der Waals surface area contributed by atoms with Gasteiger partial charge in [-0.1, -0.05) is 48.5 Å². The molecule has 2 aromatic carbocycles. The van der Waals surface area contributed by atoms with Gasteiger partial charge < -0.3 is 14.7 Å². The van der Waals surface area contributed by atoms with Crippen molar-refractivity contribution in [1.82, 2.24) is 9.55 Å². The van der Waals surface area contributed by atoms with Gasteiger partial charge >= 0.3 is 5.97 Å². The van der Waals surface area contributed by atoms with Crippen molar-refractivity contribution >= 4 is 5.97 Å². The highest BCUT2D eigenvalue weighted by Crippen LogP contribution is 2.36. The molecule has 0 atom stereocenters. The van der Waals surface area contributed by atoms with E-state index in [4.69, 9.17) is 0 Å². The van der Waals surface area contributed by atoms with Crippen molar-refractivity contribution in [1.29, 1.82) is 0 Å². The Morgan fingerprint density at radius 1 is 0.969 bits per heavy atom. The molecule has 5 rings (SSSR count). The Labute approximate surface area is 186 Å². The van der Waals surface area contributed by atoms with Gasteiger partial charge in [0.15, 0.2) is 0 Å². The molecule has 0 fully saturated rings. The van der Waals surface area contributed by atoms with Crippen molar-refractivity contribution in [3.63, 3.8) is 0 Å². The minimum atomic E-state index is -0.965. The highest BCUT2D eigenvalue weighted by atomic mass is 16.4. The number of carboxylic acid groups (broad SMARTS) is 1. The van der Waals surface area contributed by atoms with Gasteiger partial charge in [0.2, 0.25) is 0 Å². The first-order valence-electron chi connectivity index (χ1n) is 10.8. The number of H-pyrrole nitrogens is 1. The van der Waals surface area contributed by atoms with Crippen LogP contribution >= 0.6 is 0 Å². The van der Waals surface area contributed by atoms with E-state index >= 15 is 0 Å². The van der Waals surface area contributed by atoms with Crippen molar-refractivity contribution in [2.75, 3.05) is 0 Å². The lowest BCUT2D eigenvalue weighted by molar-refractivity contribution is 0.0686. The molecule has 1 aliphatic carbocycles. The average molecular weight is 425 g/mol. The van der Waals surface area contributed by atoms with Gasteiger partial charge in [-0.05, 0) is 72.2 Å². The van der Waals surface area contributed by atoms with E-state index in [1.54, 1.807) is 6.07 Å². The van der Waals surface area contributed by atoms with Crippen LogP contribution in [-0.2, 0) is 19.4 Å². The molecule has 0 unspecified atom stereocenters. The van der Waals surface area contributed by atoms with Crippen molar-refractivity contribution in [2.45, 2.75) is 33.2 Å². The zero-order valence-corrected chi connectivity index (χ0v) is 18.1. The number of aromatic nitrogens is 2. The summed E-state index contributed by atoms with van der Waals surface area (Å²) in [6.07, 6.45) is 1.49. The molecule has 0 amide bonds. The molecule has 5 nitrogen and oxygen atoms in total. The first kappa shape index (κ1) is 20.1. The standard InChI is InChI=1S/C27H24N2O3/c1-16-8-9-18(12-17(16)2)15-29-23(27(31)32)14-21-11-10-20-13-22(19-6-4-3-5-7-19)26(30)28-24(20)25(21)29/h3-9,12-14H,10-11,15H2,1-2H3,(H,28,30)(H,31,32). The van der Waals surface area contributed by atoms with E-state index in [9.17, 15) is 14.7 Å².